The maximum Gasteiger partial charge on any atom is 0.214 e. The molecule has 1 fully saturated rings. The zero-order valence-electron chi connectivity index (χ0n) is 11.8. The Bertz CT molecular complexity index is 784. The Morgan fingerprint density at radius 2 is 2.09 bits per heavy atom. The maximum absolute atomic E-state index is 13.5. The van der Waals surface area contributed by atoms with E-state index >= 15 is 0 Å². The second-order valence-corrected chi connectivity index (χ2v) is 5.38. The van der Waals surface area contributed by atoms with Gasteiger partial charge >= 0.3 is 0 Å². The largest absolute Gasteiger partial charge is 0.397 e. The number of nitrogen functional groups attached to an aromatic ring is 2. The first-order valence-electron chi connectivity index (χ1n) is 6.91. The Kier molecular flexibility index (Phi) is 3.36. The van der Waals surface area contributed by atoms with Crippen molar-refractivity contribution >= 4 is 23.4 Å². The molecular formula is C16H15FN4O. The molecule has 1 heterocycles. The average molecular weight is 298 g/mol. The van der Waals surface area contributed by atoms with Crippen LogP contribution in [0.25, 0.3) is 0 Å². The van der Waals surface area contributed by atoms with Gasteiger partial charge in [0.2, 0.25) is 5.78 Å². The summed E-state index contributed by atoms with van der Waals surface area (Å²) in [4.78, 5) is 16.7. The standard InChI is InChI=1S/C16H15FN4O/c17-12-4-3-10(11(6-18)14(12)20)16(22)15-13(19)5-9(7-21-15)8-1-2-8/h3-8,18H,1-2,19-20H2. The van der Waals surface area contributed by atoms with Gasteiger partial charge in [0, 0.05) is 23.5 Å². The van der Waals surface area contributed by atoms with Gasteiger partial charge in [0.1, 0.15) is 11.5 Å². The van der Waals surface area contributed by atoms with Crippen molar-refractivity contribution in [2.75, 3.05) is 11.5 Å². The third-order valence-electron chi connectivity index (χ3n) is 3.83. The van der Waals surface area contributed by atoms with Crippen LogP contribution in [-0.4, -0.2) is 17.0 Å². The van der Waals surface area contributed by atoms with E-state index < -0.39 is 11.6 Å². The first-order chi connectivity index (χ1) is 10.5. The number of pyridine rings is 1. The van der Waals surface area contributed by atoms with Crippen molar-refractivity contribution in [2.24, 2.45) is 0 Å². The number of nitrogens with one attached hydrogen (secondary N) is 1. The summed E-state index contributed by atoms with van der Waals surface area (Å²) in [6.45, 7) is 0. The van der Waals surface area contributed by atoms with Gasteiger partial charge in [0.15, 0.2) is 0 Å². The van der Waals surface area contributed by atoms with Gasteiger partial charge in [-0.15, -0.1) is 0 Å². The van der Waals surface area contributed by atoms with Crippen LogP contribution < -0.4 is 11.5 Å². The number of ketones is 1. The highest BCUT2D eigenvalue weighted by atomic mass is 19.1. The van der Waals surface area contributed by atoms with Crippen LogP contribution in [-0.2, 0) is 0 Å². The number of halogens is 1. The van der Waals surface area contributed by atoms with Crippen molar-refractivity contribution in [3.05, 3.63) is 52.6 Å². The summed E-state index contributed by atoms with van der Waals surface area (Å²) in [5.74, 6) is -0.650. The number of hydrogen-bond donors (Lipinski definition) is 3. The minimum Gasteiger partial charge on any atom is -0.397 e. The lowest BCUT2D eigenvalue weighted by molar-refractivity contribution is 0.103. The van der Waals surface area contributed by atoms with Gasteiger partial charge in [-0.25, -0.2) is 4.39 Å². The van der Waals surface area contributed by atoms with Crippen molar-refractivity contribution in [3.63, 3.8) is 0 Å². The van der Waals surface area contributed by atoms with E-state index in [2.05, 4.69) is 4.98 Å². The number of nitrogens with two attached hydrogens (primary N) is 2. The number of carbonyl (C=O) groups excluding carboxylic acids is 1. The molecule has 0 amide bonds. The van der Waals surface area contributed by atoms with Crippen LogP contribution >= 0.6 is 0 Å². The first kappa shape index (κ1) is 14.2. The predicted octanol–water partition coefficient (Wildman–Crippen LogP) is 2.49. The Morgan fingerprint density at radius 3 is 2.68 bits per heavy atom. The van der Waals surface area contributed by atoms with E-state index in [0.29, 0.717) is 5.92 Å². The number of rotatable bonds is 4. The van der Waals surface area contributed by atoms with Crippen LogP contribution in [0.15, 0.2) is 24.4 Å². The van der Waals surface area contributed by atoms with Gasteiger partial charge in [0.25, 0.3) is 0 Å². The fourth-order valence-electron chi connectivity index (χ4n) is 2.42. The summed E-state index contributed by atoms with van der Waals surface area (Å²) in [5, 5.41) is 7.35. The van der Waals surface area contributed by atoms with E-state index in [-0.39, 0.29) is 28.2 Å². The van der Waals surface area contributed by atoms with E-state index in [9.17, 15) is 9.18 Å². The zero-order chi connectivity index (χ0) is 15.9. The summed E-state index contributed by atoms with van der Waals surface area (Å²) < 4.78 is 13.5. The van der Waals surface area contributed by atoms with E-state index in [1.165, 1.54) is 6.07 Å². The molecule has 0 saturated heterocycles. The molecule has 5 nitrogen and oxygen atoms in total. The minimum atomic E-state index is -0.667. The number of aromatic nitrogens is 1. The Labute approximate surface area is 126 Å². The quantitative estimate of drug-likeness (QED) is 0.458. The van der Waals surface area contributed by atoms with Crippen molar-refractivity contribution in [3.8, 4) is 0 Å². The fraction of sp³-hybridized carbons (Fsp3) is 0.188. The van der Waals surface area contributed by atoms with Crippen LogP contribution in [0.5, 0.6) is 0 Å². The van der Waals surface area contributed by atoms with Gasteiger partial charge in [-0.2, -0.15) is 0 Å². The molecule has 1 aliphatic carbocycles. The normalized spacial score (nSPS) is 13.9. The van der Waals surface area contributed by atoms with Gasteiger partial charge in [-0.1, -0.05) is 0 Å². The Balaban J connectivity index is 2.04. The minimum absolute atomic E-state index is 0.0393. The highest BCUT2D eigenvalue weighted by Crippen LogP contribution is 2.40. The van der Waals surface area contributed by atoms with Crippen LogP contribution in [0.2, 0.25) is 0 Å². The van der Waals surface area contributed by atoms with Gasteiger partial charge in [-0.05, 0) is 42.5 Å². The number of nitrogens with zero attached hydrogens (tertiary/aromatic N) is 1. The van der Waals surface area contributed by atoms with E-state index in [4.69, 9.17) is 16.9 Å². The van der Waals surface area contributed by atoms with E-state index in [1.54, 1.807) is 12.3 Å². The van der Waals surface area contributed by atoms with Crippen molar-refractivity contribution in [1.29, 1.82) is 5.41 Å². The smallest absolute Gasteiger partial charge is 0.214 e. The van der Waals surface area contributed by atoms with Crippen molar-refractivity contribution < 1.29 is 9.18 Å². The monoisotopic (exact) mass is 298 g/mol. The van der Waals surface area contributed by atoms with Crippen LogP contribution in [0.3, 0.4) is 0 Å². The lowest BCUT2D eigenvalue weighted by atomic mass is 9.98. The average Bonchev–Trinajstić information content (AvgIpc) is 3.34. The van der Waals surface area contributed by atoms with Crippen LogP contribution in [0.1, 0.15) is 45.9 Å². The highest BCUT2D eigenvalue weighted by Gasteiger charge is 2.26. The third kappa shape index (κ3) is 2.32. The summed E-state index contributed by atoms with van der Waals surface area (Å²) >= 11 is 0. The van der Waals surface area contributed by atoms with E-state index in [0.717, 1.165) is 30.7 Å². The Hall–Kier alpha value is -2.76. The lowest BCUT2D eigenvalue weighted by Crippen LogP contribution is -2.13. The van der Waals surface area contributed by atoms with Gasteiger partial charge in [-0.3, -0.25) is 9.78 Å². The number of carbonyl (C=O) groups is 1. The van der Waals surface area contributed by atoms with Gasteiger partial charge < -0.3 is 16.9 Å². The number of hydrogen-bond acceptors (Lipinski definition) is 5. The third-order valence-corrected chi connectivity index (χ3v) is 3.83. The lowest BCUT2D eigenvalue weighted by Gasteiger charge is -2.10. The summed E-state index contributed by atoms with van der Waals surface area (Å²) in [6.07, 6.45) is 4.74. The predicted molar refractivity (Wildman–Crippen MR) is 82.8 cm³/mol. The molecule has 0 bridgehead atoms. The topological polar surface area (TPSA) is 106 Å². The molecule has 3 rings (SSSR count). The molecule has 1 aromatic carbocycles. The summed E-state index contributed by atoms with van der Waals surface area (Å²) in [6, 6.07) is 4.16. The zero-order valence-corrected chi connectivity index (χ0v) is 11.8. The molecular weight excluding hydrogens is 283 g/mol. The highest BCUT2D eigenvalue weighted by molar-refractivity contribution is 6.15. The molecule has 0 spiro atoms. The van der Waals surface area contributed by atoms with E-state index in [1.807, 2.05) is 0 Å². The molecule has 6 heteroatoms. The summed E-state index contributed by atoms with van der Waals surface area (Å²) in [5.41, 5.74) is 12.9. The molecule has 112 valence electrons. The molecule has 1 aliphatic rings. The maximum atomic E-state index is 13.5. The SMILES string of the molecule is N=Cc1c(C(=O)c2ncc(C3CC3)cc2N)ccc(F)c1N. The molecule has 0 atom stereocenters. The van der Waals surface area contributed by atoms with Crippen LogP contribution in [0, 0.1) is 11.2 Å². The molecule has 1 saturated carbocycles. The number of anilines is 2. The van der Waals surface area contributed by atoms with Gasteiger partial charge in [0.05, 0.1) is 11.4 Å². The fourth-order valence-corrected chi connectivity index (χ4v) is 2.42. The molecule has 5 N–H and O–H groups in total. The molecule has 0 radical (unpaired) electrons. The summed E-state index contributed by atoms with van der Waals surface area (Å²) in [7, 11) is 0. The molecule has 0 unspecified atom stereocenters. The second kappa shape index (κ2) is 5.22. The second-order valence-electron chi connectivity index (χ2n) is 5.38. The Morgan fingerprint density at radius 1 is 1.36 bits per heavy atom. The number of benzene rings is 1. The molecule has 22 heavy (non-hydrogen) atoms. The first-order valence-corrected chi connectivity index (χ1v) is 6.91. The van der Waals surface area contributed by atoms with Crippen molar-refractivity contribution in [2.45, 2.75) is 18.8 Å². The molecule has 1 aromatic heterocycles. The van der Waals surface area contributed by atoms with Crippen LogP contribution in [0.4, 0.5) is 15.8 Å². The van der Waals surface area contributed by atoms with Crippen molar-refractivity contribution in [1.82, 2.24) is 4.98 Å². The molecule has 2 aromatic rings. The molecule has 0 aliphatic heterocycles.